The molecule has 0 saturated heterocycles. The second-order valence-corrected chi connectivity index (χ2v) is 5.71. The van der Waals surface area contributed by atoms with Gasteiger partial charge in [0.15, 0.2) is 0 Å². The van der Waals surface area contributed by atoms with Crippen molar-refractivity contribution in [2.24, 2.45) is 4.99 Å². The molecule has 27 heavy (non-hydrogen) atoms. The van der Waals surface area contributed by atoms with Crippen molar-refractivity contribution < 1.29 is 21.8 Å². The zero-order chi connectivity index (χ0) is 18.0. The van der Waals surface area contributed by atoms with Gasteiger partial charge in [-0.05, 0) is 42.0 Å². The molecule has 0 bridgehead atoms. The molecule has 2 nitrogen and oxygen atoms in total. The van der Waals surface area contributed by atoms with Gasteiger partial charge in [0.05, 0.1) is 12.8 Å². The Hall–Kier alpha value is -2.87. The van der Waals surface area contributed by atoms with Gasteiger partial charge >= 0.3 is 17.1 Å². The molecule has 0 aliphatic heterocycles. The van der Waals surface area contributed by atoms with Crippen LogP contribution in [0.3, 0.4) is 0 Å². The fourth-order valence-electron chi connectivity index (χ4n) is 2.47. The summed E-state index contributed by atoms with van der Waals surface area (Å²) in [4.78, 5) is 4.49. The standard InChI is InChI=1S/C19H16NO.C5H5.Fe/c1-21-19-12-6-15(7-13-19)14-20-18-10-8-17(9-11-18)16-4-2-3-5-16;1-2-4-5-3-1;/h2-14H,1H3;1-5H;/q2*-1;+2. The van der Waals surface area contributed by atoms with Crippen molar-refractivity contribution in [1.29, 1.82) is 0 Å². The summed E-state index contributed by atoms with van der Waals surface area (Å²) >= 11 is 0. The Morgan fingerprint density at radius 1 is 0.815 bits per heavy atom. The Morgan fingerprint density at radius 2 is 1.52 bits per heavy atom. The van der Waals surface area contributed by atoms with E-state index < -0.39 is 0 Å². The third kappa shape index (κ3) is 6.41. The van der Waals surface area contributed by atoms with Gasteiger partial charge in [-0.25, -0.2) is 12.1 Å². The van der Waals surface area contributed by atoms with Gasteiger partial charge in [-0.1, -0.05) is 17.7 Å². The molecule has 0 aliphatic carbocycles. The van der Waals surface area contributed by atoms with Crippen molar-refractivity contribution in [2.75, 3.05) is 7.11 Å². The molecule has 136 valence electrons. The molecule has 0 spiro atoms. The average molecular weight is 395 g/mol. The van der Waals surface area contributed by atoms with Crippen molar-refractivity contribution in [3.05, 3.63) is 109 Å². The first-order valence-corrected chi connectivity index (χ1v) is 8.52. The van der Waals surface area contributed by atoms with Crippen LogP contribution < -0.4 is 4.74 Å². The summed E-state index contributed by atoms with van der Waals surface area (Å²) in [5.41, 5.74) is 4.45. The number of aliphatic imine (C=N–C) groups is 1. The molecule has 0 amide bonds. The minimum absolute atomic E-state index is 0. The number of benzene rings is 2. The van der Waals surface area contributed by atoms with Crippen molar-refractivity contribution in [2.45, 2.75) is 0 Å². The summed E-state index contributed by atoms with van der Waals surface area (Å²) in [6, 6.07) is 34.4. The smallest absolute Gasteiger partial charge is 0.497 e. The van der Waals surface area contributed by atoms with E-state index in [-0.39, 0.29) is 17.1 Å². The minimum atomic E-state index is 0. The molecule has 0 N–H and O–H groups in total. The zero-order valence-electron chi connectivity index (χ0n) is 15.1. The minimum Gasteiger partial charge on any atom is -0.497 e. The number of nitrogens with zero attached hydrogens (tertiary/aromatic N) is 1. The van der Waals surface area contributed by atoms with Crippen LogP contribution in [-0.2, 0) is 17.1 Å². The molecule has 0 saturated carbocycles. The van der Waals surface area contributed by atoms with Crippen molar-refractivity contribution in [3.63, 3.8) is 0 Å². The van der Waals surface area contributed by atoms with E-state index >= 15 is 0 Å². The Bertz CT molecular complexity index is 873. The maximum Gasteiger partial charge on any atom is 2.00 e. The monoisotopic (exact) mass is 395 g/mol. The predicted octanol–water partition coefficient (Wildman–Crippen LogP) is 6.23. The van der Waals surface area contributed by atoms with Gasteiger partial charge in [0, 0.05) is 6.21 Å². The van der Waals surface area contributed by atoms with Crippen molar-refractivity contribution in [3.8, 4) is 16.9 Å². The van der Waals surface area contributed by atoms with E-state index in [2.05, 4.69) is 29.3 Å². The summed E-state index contributed by atoms with van der Waals surface area (Å²) in [6.07, 6.45) is 1.86. The zero-order valence-corrected chi connectivity index (χ0v) is 16.2. The van der Waals surface area contributed by atoms with Gasteiger partial charge in [-0.3, -0.25) is 4.99 Å². The Balaban J connectivity index is 0.000000379. The molecular weight excluding hydrogens is 374 g/mol. The number of methoxy groups -OCH3 is 1. The molecule has 0 fully saturated rings. The van der Waals surface area contributed by atoms with Crippen LogP contribution in [0, 0.1) is 0 Å². The molecule has 3 heteroatoms. The Labute approximate surface area is 171 Å². The van der Waals surface area contributed by atoms with Crippen LogP contribution in [0.25, 0.3) is 11.1 Å². The molecule has 0 aromatic heterocycles. The van der Waals surface area contributed by atoms with Crippen LogP contribution in [0.1, 0.15) is 5.56 Å². The number of hydrogen-bond acceptors (Lipinski definition) is 2. The van der Waals surface area contributed by atoms with Gasteiger partial charge in [-0.15, -0.1) is 6.07 Å². The van der Waals surface area contributed by atoms with Gasteiger partial charge in [0.1, 0.15) is 5.75 Å². The Morgan fingerprint density at radius 3 is 2.04 bits per heavy atom. The van der Waals surface area contributed by atoms with E-state index in [1.54, 1.807) is 7.11 Å². The fourth-order valence-corrected chi connectivity index (χ4v) is 2.47. The molecular formula is C24H21FeNO. The summed E-state index contributed by atoms with van der Waals surface area (Å²) in [5.74, 6) is 0.853. The van der Waals surface area contributed by atoms with Gasteiger partial charge in [0.25, 0.3) is 0 Å². The van der Waals surface area contributed by atoms with Gasteiger partial charge in [-0.2, -0.15) is 42.0 Å². The van der Waals surface area contributed by atoms with E-state index in [4.69, 9.17) is 4.74 Å². The molecule has 0 unspecified atom stereocenters. The van der Waals surface area contributed by atoms with Crippen LogP contribution in [-0.4, -0.2) is 13.3 Å². The summed E-state index contributed by atoms with van der Waals surface area (Å²) in [7, 11) is 1.66. The summed E-state index contributed by atoms with van der Waals surface area (Å²) in [6.45, 7) is 0. The van der Waals surface area contributed by atoms with Crippen LogP contribution >= 0.6 is 0 Å². The van der Waals surface area contributed by atoms with E-state index in [0.29, 0.717) is 0 Å². The SMILES string of the molecule is COc1ccc(C=Nc2ccc(-c3ccc[cH-]3)cc2)cc1.[Fe+2].c1cc[cH-]c1. The fraction of sp³-hybridized carbons (Fsp3) is 0.0417. The summed E-state index contributed by atoms with van der Waals surface area (Å²) in [5, 5.41) is 0. The second-order valence-electron chi connectivity index (χ2n) is 5.71. The second kappa shape index (κ2) is 11.0. The van der Waals surface area contributed by atoms with Crippen LogP contribution in [0.5, 0.6) is 5.75 Å². The topological polar surface area (TPSA) is 21.6 Å². The normalized spacial score (nSPS) is 9.96. The third-order valence-corrected chi connectivity index (χ3v) is 3.90. The number of ether oxygens (including phenoxy) is 1. The molecule has 4 aromatic carbocycles. The largest absolute Gasteiger partial charge is 2.00 e. The van der Waals surface area contributed by atoms with E-state index in [1.807, 2.05) is 85.1 Å². The first-order valence-electron chi connectivity index (χ1n) is 8.52. The third-order valence-electron chi connectivity index (χ3n) is 3.90. The molecule has 0 radical (unpaired) electrons. The van der Waals surface area contributed by atoms with Crippen LogP contribution in [0.2, 0.25) is 0 Å². The number of rotatable bonds is 4. The number of hydrogen-bond donors (Lipinski definition) is 0. The van der Waals surface area contributed by atoms with Crippen LogP contribution in [0.4, 0.5) is 5.69 Å². The van der Waals surface area contributed by atoms with Crippen molar-refractivity contribution >= 4 is 11.9 Å². The maximum atomic E-state index is 5.14. The maximum absolute atomic E-state index is 5.14. The average Bonchev–Trinajstić information content (AvgIpc) is 3.44. The quantitative estimate of drug-likeness (QED) is 0.228. The predicted molar refractivity (Wildman–Crippen MR) is 110 cm³/mol. The van der Waals surface area contributed by atoms with Gasteiger partial charge in [0.2, 0.25) is 0 Å². The van der Waals surface area contributed by atoms with E-state index in [9.17, 15) is 0 Å². The molecule has 0 heterocycles. The van der Waals surface area contributed by atoms with Gasteiger partial charge < -0.3 is 4.74 Å². The summed E-state index contributed by atoms with van der Waals surface area (Å²) < 4.78 is 5.14. The van der Waals surface area contributed by atoms with E-state index in [0.717, 1.165) is 17.0 Å². The van der Waals surface area contributed by atoms with E-state index in [1.165, 1.54) is 11.1 Å². The van der Waals surface area contributed by atoms with Crippen molar-refractivity contribution in [1.82, 2.24) is 0 Å². The van der Waals surface area contributed by atoms with Crippen LogP contribution in [0.15, 0.2) is 108 Å². The first kappa shape index (κ1) is 20.4. The molecule has 4 rings (SSSR count). The molecule has 0 atom stereocenters. The Kier molecular flexibility index (Phi) is 8.31. The molecule has 0 aliphatic rings. The first-order chi connectivity index (χ1) is 12.8. The molecule has 4 aromatic rings.